The van der Waals surface area contributed by atoms with Gasteiger partial charge in [-0.25, -0.2) is 0 Å². The fourth-order valence-corrected chi connectivity index (χ4v) is 2.37. The third-order valence-electron chi connectivity index (χ3n) is 3.48. The lowest BCUT2D eigenvalue weighted by atomic mass is 10.0. The van der Waals surface area contributed by atoms with E-state index in [-0.39, 0.29) is 18.4 Å². The Morgan fingerprint density at radius 2 is 2.09 bits per heavy atom. The average molecular weight is 299 g/mol. The molecular weight excluding hydrogens is 282 g/mol. The van der Waals surface area contributed by atoms with Gasteiger partial charge in [0.2, 0.25) is 0 Å². The van der Waals surface area contributed by atoms with E-state index >= 15 is 0 Å². The van der Waals surface area contributed by atoms with Gasteiger partial charge in [-0.1, -0.05) is 0 Å². The first-order valence-electron chi connectivity index (χ1n) is 6.98. The molecule has 1 unspecified atom stereocenters. The van der Waals surface area contributed by atoms with Crippen LogP contribution < -0.4 is 5.73 Å². The molecule has 0 aliphatic rings. The van der Waals surface area contributed by atoms with Gasteiger partial charge in [0, 0.05) is 22.6 Å². The molecule has 4 N–H and O–H groups in total. The van der Waals surface area contributed by atoms with E-state index in [9.17, 15) is 10.2 Å². The molecule has 0 fully saturated rings. The predicted octanol–water partition coefficient (Wildman–Crippen LogP) is 2.76. The largest absolute Gasteiger partial charge is 0.508 e. The molecule has 114 valence electrons. The number of fused-ring (bicyclic) bond motifs is 1. The standard InChI is InChI=1S/C17H17NO4/c18-12(9-19)7-14-15-8-13(20)2-4-17(15)22-16(14)3-1-11-5-6-21-10-11/h1-6,8,10,12,19-20H,7,9,18H2/b3-1+. The quantitative estimate of drug-likeness (QED) is 0.673. The Balaban J connectivity index is 2.05. The predicted molar refractivity (Wildman–Crippen MR) is 84.3 cm³/mol. The van der Waals surface area contributed by atoms with Gasteiger partial charge in [-0.3, -0.25) is 0 Å². The maximum atomic E-state index is 9.68. The van der Waals surface area contributed by atoms with Crippen molar-refractivity contribution in [3.8, 4) is 5.75 Å². The fraction of sp³-hybridized carbons (Fsp3) is 0.176. The molecule has 5 nitrogen and oxygen atoms in total. The number of rotatable bonds is 5. The average Bonchev–Trinajstić information content (AvgIpc) is 3.13. The summed E-state index contributed by atoms with van der Waals surface area (Å²) >= 11 is 0. The van der Waals surface area contributed by atoms with Gasteiger partial charge in [0.1, 0.15) is 17.1 Å². The number of furan rings is 2. The SMILES string of the molecule is NC(CO)Cc1c(/C=C/c2ccoc2)oc2ccc(O)cc12. The number of phenols is 1. The van der Waals surface area contributed by atoms with Gasteiger partial charge in [0.05, 0.1) is 19.1 Å². The molecule has 0 aliphatic heterocycles. The lowest BCUT2D eigenvalue weighted by molar-refractivity contribution is 0.265. The Labute approximate surface area is 127 Å². The molecule has 5 heteroatoms. The number of phenolic OH excluding ortho intramolecular Hbond substituents is 1. The smallest absolute Gasteiger partial charge is 0.135 e. The zero-order valence-corrected chi connectivity index (χ0v) is 11.9. The van der Waals surface area contributed by atoms with E-state index in [1.54, 1.807) is 30.7 Å². The zero-order chi connectivity index (χ0) is 15.5. The Bertz CT molecular complexity index is 786. The Kier molecular flexibility index (Phi) is 4.00. The van der Waals surface area contributed by atoms with E-state index in [1.165, 1.54) is 0 Å². The van der Waals surface area contributed by atoms with E-state index in [2.05, 4.69) is 0 Å². The van der Waals surface area contributed by atoms with Crippen molar-refractivity contribution in [2.75, 3.05) is 6.61 Å². The summed E-state index contributed by atoms with van der Waals surface area (Å²) in [5.41, 5.74) is 8.32. The maximum absolute atomic E-state index is 9.68. The number of nitrogens with two attached hydrogens (primary N) is 1. The van der Waals surface area contributed by atoms with Crippen LogP contribution in [-0.4, -0.2) is 22.9 Å². The highest BCUT2D eigenvalue weighted by molar-refractivity contribution is 5.87. The lowest BCUT2D eigenvalue weighted by Gasteiger charge is -2.07. The van der Waals surface area contributed by atoms with Crippen LogP contribution in [0.2, 0.25) is 0 Å². The van der Waals surface area contributed by atoms with Crippen LogP contribution in [0.5, 0.6) is 5.75 Å². The van der Waals surface area contributed by atoms with Crippen LogP contribution in [0.25, 0.3) is 23.1 Å². The number of benzene rings is 1. The molecule has 0 bridgehead atoms. The summed E-state index contributed by atoms with van der Waals surface area (Å²) in [6.07, 6.45) is 7.39. The van der Waals surface area contributed by atoms with E-state index in [4.69, 9.17) is 14.6 Å². The third kappa shape index (κ3) is 2.90. The van der Waals surface area contributed by atoms with E-state index in [1.807, 2.05) is 18.2 Å². The van der Waals surface area contributed by atoms with Crippen molar-refractivity contribution in [2.24, 2.45) is 5.73 Å². The van der Waals surface area contributed by atoms with Crippen molar-refractivity contribution in [1.29, 1.82) is 0 Å². The molecule has 3 rings (SSSR count). The van der Waals surface area contributed by atoms with Crippen molar-refractivity contribution in [1.82, 2.24) is 0 Å². The molecular formula is C17H17NO4. The molecule has 1 atom stereocenters. The summed E-state index contributed by atoms with van der Waals surface area (Å²) in [6, 6.07) is 6.39. The Morgan fingerprint density at radius 3 is 2.82 bits per heavy atom. The summed E-state index contributed by atoms with van der Waals surface area (Å²) < 4.78 is 10.9. The van der Waals surface area contributed by atoms with E-state index < -0.39 is 0 Å². The van der Waals surface area contributed by atoms with Crippen molar-refractivity contribution < 1.29 is 19.0 Å². The fourth-order valence-electron chi connectivity index (χ4n) is 2.37. The van der Waals surface area contributed by atoms with Crippen LogP contribution in [-0.2, 0) is 6.42 Å². The van der Waals surface area contributed by atoms with Crippen LogP contribution in [0.4, 0.5) is 0 Å². The summed E-state index contributed by atoms with van der Waals surface area (Å²) in [5.74, 6) is 0.822. The highest BCUT2D eigenvalue weighted by Crippen LogP contribution is 2.31. The number of aromatic hydroxyl groups is 1. The second kappa shape index (κ2) is 6.09. The van der Waals surface area contributed by atoms with Gasteiger partial charge in [-0.15, -0.1) is 0 Å². The first kappa shape index (κ1) is 14.4. The Hall–Kier alpha value is -2.50. The second-order valence-corrected chi connectivity index (χ2v) is 5.16. The zero-order valence-electron chi connectivity index (χ0n) is 11.9. The third-order valence-corrected chi connectivity index (χ3v) is 3.48. The molecule has 0 saturated heterocycles. The van der Waals surface area contributed by atoms with Gasteiger partial charge in [0.25, 0.3) is 0 Å². The van der Waals surface area contributed by atoms with Gasteiger partial charge in [-0.2, -0.15) is 0 Å². The van der Waals surface area contributed by atoms with Crippen molar-refractivity contribution >= 4 is 23.1 Å². The molecule has 1 aromatic carbocycles. The minimum Gasteiger partial charge on any atom is -0.508 e. The Morgan fingerprint density at radius 1 is 1.23 bits per heavy atom. The number of hydrogen-bond acceptors (Lipinski definition) is 5. The monoisotopic (exact) mass is 299 g/mol. The normalized spacial score (nSPS) is 13.2. The van der Waals surface area contributed by atoms with Crippen LogP contribution in [0, 0.1) is 0 Å². The molecule has 0 aliphatic carbocycles. The van der Waals surface area contributed by atoms with Crippen molar-refractivity contribution in [2.45, 2.75) is 12.5 Å². The second-order valence-electron chi connectivity index (χ2n) is 5.16. The molecule has 0 radical (unpaired) electrons. The topological polar surface area (TPSA) is 92.8 Å². The minimum atomic E-state index is -0.385. The summed E-state index contributed by atoms with van der Waals surface area (Å²) in [6.45, 7) is -0.115. The van der Waals surface area contributed by atoms with Gasteiger partial charge in [-0.05, 0) is 42.8 Å². The van der Waals surface area contributed by atoms with Crippen LogP contribution in [0.15, 0.2) is 45.6 Å². The molecule has 0 amide bonds. The van der Waals surface area contributed by atoms with E-state index in [0.717, 1.165) is 16.5 Å². The molecule has 2 aromatic heterocycles. The molecule has 2 heterocycles. The van der Waals surface area contributed by atoms with Crippen LogP contribution in [0.1, 0.15) is 16.9 Å². The van der Waals surface area contributed by atoms with Crippen LogP contribution >= 0.6 is 0 Å². The highest BCUT2D eigenvalue weighted by atomic mass is 16.3. The van der Waals surface area contributed by atoms with Crippen molar-refractivity contribution in [3.05, 3.63) is 53.7 Å². The minimum absolute atomic E-state index is 0.115. The van der Waals surface area contributed by atoms with Gasteiger partial charge >= 0.3 is 0 Å². The molecule has 3 aromatic rings. The number of aliphatic hydroxyl groups excluding tert-OH is 1. The summed E-state index contributed by atoms with van der Waals surface area (Å²) in [7, 11) is 0. The lowest BCUT2D eigenvalue weighted by Crippen LogP contribution is -2.26. The van der Waals surface area contributed by atoms with Crippen molar-refractivity contribution in [3.63, 3.8) is 0 Å². The number of aliphatic hydroxyl groups is 1. The molecule has 0 spiro atoms. The first-order valence-corrected chi connectivity index (χ1v) is 6.98. The summed E-state index contributed by atoms with van der Waals surface area (Å²) in [5, 5.41) is 19.7. The van der Waals surface area contributed by atoms with Gasteiger partial charge < -0.3 is 24.8 Å². The van der Waals surface area contributed by atoms with Crippen LogP contribution in [0.3, 0.4) is 0 Å². The maximum Gasteiger partial charge on any atom is 0.135 e. The highest BCUT2D eigenvalue weighted by Gasteiger charge is 2.15. The first-order chi connectivity index (χ1) is 10.7. The molecule has 22 heavy (non-hydrogen) atoms. The van der Waals surface area contributed by atoms with E-state index in [0.29, 0.717) is 17.8 Å². The van der Waals surface area contributed by atoms with Gasteiger partial charge in [0.15, 0.2) is 0 Å². The number of hydrogen-bond donors (Lipinski definition) is 3. The summed E-state index contributed by atoms with van der Waals surface area (Å²) in [4.78, 5) is 0. The molecule has 0 saturated carbocycles.